The van der Waals surface area contributed by atoms with Gasteiger partial charge in [-0.25, -0.2) is 0 Å². The van der Waals surface area contributed by atoms with Crippen molar-refractivity contribution in [3.05, 3.63) is 29.3 Å². The van der Waals surface area contributed by atoms with E-state index in [0.717, 1.165) is 44.0 Å². The number of benzene rings is 1. The van der Waals surface area contributed by atoms with Gasteiger partial charge >= 0.3 is 0 Å². The number of hydrogen-bond acceptors (Lipinski definition) is 3. The quantitative estimate of drug-likeness (QED) is 0.925. The molecule has 1 fully saturated rings. The predicted octanol–water partition coefficient (Wildman–Crippen LogP) is 2.59. The number of nitrogens with one attached hydrogen (secondary N) is 1. The summed E-state index contributed by atoms with van der Waals surface area (Å²) in [5, 5.41) is 3.31. The number of piperazine rings is 1. The zero-order valence-corrected chi connectivity index (χ0v) is 13.6. The van der Waals surface area contributed by atoms with Gasteiger partial charge in [-0.2, -0.15) is 0 Å². The molecule has 0 spiro atoms. The van der Waals surface area contributed by atoms with Gasteiger partial charge in [0, 0.05) is 37.9 Å². The molecule has 0 bridgehead atoms. The van der Waals surface area contributed by atoms with E-state index in [-0.39, 0.29) is 5.91 Å². The molecule has 1 aliphatic heterocycles. The van der Waals surface area contributed by atoms with Crippen molar-refractivity contribution in [2.24, 2.45) is 0 Å². The summed E-state index contributed by atoms with van der Waals surface area (Å²) < 4.78 is 0. The first-order valence-corrected chi connectivity index (χ1v) is 7.94. The van der Waals surface area contributed by atoms with Gasteiger partial charge in [0.2, 0.25) is 0 Å². The fourth-order valence-electron chi connectivity index (χ4n) is 3.00. The molecule has 1 N–H and O–H groups in total. The third-order valence-corrected chi connectivity index (χ3v) is 4.23. The Morgan fingerprint density at radius 3 is 2.71 bits per heavy atom. The molecule has 21 heavy (non-hydrogen) atoms. The average Bonchev–Trinajstić information content (AvgIpc) is 2.47. The molecule has 1 saturated heterocycles. The van der Waals surface area contributed by atoms with Crippen LogP contribution in [0.25, 0.3) is 0 Å². The SMILES string of the molecule is CCNc1cc(C)ccc1C(=O)N1CCN(CC)C(C)C1. The number of likely N-dealkylation sites (N-methyl/N-ethyl adjacent to an activating group) is 1. The minimum Gasteiger partial charge on any atom is -0.385 e. The van der Waals surface area contributed by atoms with E-state index in [4.69, 9.17) is 0 Å². The lowest BCUT2D eigenvalue weighted by Gasteiger charge is -2.39. The standard InChI is InChI=1S/C17H27N3O/c1-5-18-16-11-13(3)7-8-15(16)17(21)20-10-9-19(6-2)14(4)12-20/h7-8,11,14,18H,5-6,9-10,12H2,1-4H3. The summed E-state index contributed by atoms with van der Waals surface area (Å²) in [5.74, 6) is 0.147. The second-order valence-electron chi connectivity index (χ2n) is 5.81. The van der Waals surface area contributed by atoms with E-state index in [1.165, 1.54) is 5.56 Å². The lowest BCUT2D eigenvalue weighted by Crippen LogP contribution is -2.53. The highest BCUT2D eigenvalue weighted by Crippen LogP contribution is 2.21. The van der Waals surface area contributed by atoms with E-state index >= 15 is 0 Å². The van der Waals surface area contributed by atoms with Crippen molar-refractivity contribution in [2.75, 3.05) is 38.0 Å². The third kappa shape index (κ3) is 3.56. The minimum atomic E-state index is 0.147. The van der Waals surface area contributed by atoms with Gasteiger partial charge in [0.15, 0.2) is 0 Å². The molecule has 0 radical (unpaired) electrons. The summed E-state index contributed by atoms with van der Waals surface area (Å²) in [7, 11) is 0. The highest BCUT2D eigenvalue weighted by Gasteiger charge is 2.27. The number of aryl methyl sites for hydroxylation is 1. The third-order valence-electron chi connectivity index (χ3n) is 4.23. The van der Waals surface area contributed by atoms with Crippen LogP contribution in [-0.4, -0.2) is 54.5 Å². The molecule has 1 amide bonds. The van der Waals surface area contributed by atoms with E-state index in [2.05, 4.69) is 44.0 Å². The van der Waals surface area contributed by atoms with Crippen molar-refractivity contribution in [2.45, 2.75) is 33.7 Å². The fourth-order valence-corrected chi connectivity index (χ4v) is 3.00. The Bertz CT molecular complexity index is 501. The van der Waals surface area contributed by atoms with E-state index in [1.54, 1.807) is 0 Å². The molecule has 1 aromatic carbocycles. The van der Waals surface area contributed by atoms with Gasteiger partial charge in [-0.05, 0) is 45.0 Å². The Labute approximate surface area is 128 Å². The molecule has 0 aromatic heterocycles. The lowest BCUT2D eigenvalue weighted by atomic mass is 10.1. The second-order valence-corrected chi connectivity index (χ2v) is 5.81. The smallest absolute Gasteiger partial charge is 0.256 e. The van der Waals surface area contributed by atoms with E-state index in [9.17, 15) is 4.79 Å². The molecular weight excluding hydrogens is 262 g/mol. The van der Waals surface area contributed by atoms with E-state index < -0.39 is 0 Å². The van der Waals surface area contributed by atoms with Crippen molar-refractivity contribution < 1.29 is 4.79 Å². The average molecular weight is 289 g/mol. The van der Waals surface area contributed by atoms with Crippen molar-refractivity contribution in [1.29, 1.82) is 0 Å². The van der Waals surface area contributed by atoms with Gasteiger partial charge in [-0.3, -0.25) is 9.69 Å². The van der Waals surface area contributed by atoms with Crippen molar-refractivity contribution in [1.82, 2.24) is 9.80 Å². The van der Waals surface area contributed by atoms with Gasteiger partial charge in [0.05, 0.1) is 5.56 Å². The molecule has 1 atom stereocenters. The number of carbonyl (C=O) groups excluding carboxylic acids is 1. The van der Waals surface area contributed by atoms with Crippen LogP contribution in [0, 0.1) is 6.92 Å². The first-order valence-electron chi connectivity index (χ1n) is 7.94. The number of hydrogen-bond donors (Lipinski definition) is 1. The topological polar surface area (TPSA) is 35.6 Å². The zero-order chi connectivity index (χ0) is 15.4. The first kappa shape index (κ1) is 15.8. The summed E-state index contributed by atoms with van der Waals surface area (Å²) in [6, 6.07) is 6.45. The minimum absolute atomic E-state index is 0.147. The van der Waals surface area contributed by atoms with Crippen LogP contribution in [0.1, 0.15) is 36.7 Å². The van der Waals surface area contributed by atoms with E-state index in [0.29, 0.717) is 6.04 Å². The van der Waals surface area contributed by atoms with Gasteiger partial charge < -0.3 is 10.2 Å². The summed E-state index contributed by atoms with van der Waals surface area (Å²) in [6.45, 7) is 12.9. The van der Waals surface area contributed by atoms with Crippen LogP contribution in [0.15, 0.2) is 18.2 Å². The molecule has 0 aliphatic carbocycles. The fraction of sp³-hybridized carbons (Fsp3) is 0.588. The molecule has 0 saturated carbocycles. The maximum atomic E-state index is 12.8. The molecule has 1 unspecified atom stereocenters. The molecule has 4 nitrogen and oxygen atoms in total. The van der Waals surface area contributed by atoms with Gasteiger partial charge in [-0.15, -0.1) is 0 Å². The Morgan fingerprint density at radius 2 is 2.10 bits per heavy atom. The second kappa shape index (κ2) is 6.94. The summed E-state index contributed by atoms with van der Waals surface area (Å²) >= 11 is 0. The van der Waals surface area contributed by atoms with Gasteiger partial charge in [-0.1, -0.05) is 13.0 Å². The Hall–Kier alpha value is -1.55. The monoisotopic (exact) mass is 289 g/mol. The Balaban J connectivity index is 2.17. The molecule has 1 aromatic rings. The molecule has 2 rings (SSSR count). The van der Waals surface area contributed by atoms with Crippen LogP contribution in [0.4, 0.5) is 5.69 Å². The Morgan fingerprint density at radius 1 is 1.33 bits per heavy atom. The van der Waals surface area contributed by atoms with Gasteiger partial charge in [0.1, 0.15) is 0 Å². The molecule has 1 heterocycles. The lowest BCUT2D eigenvalue weighted by molar-refractivity contribution is 0.0529. The number of rotatable bonds is 4. The first-order chi connectivity index (χ1) is 10.1. The normalized spacial score (nSPS) is 19.6. The predicted molar refractivity (Wildman–Crippen MR) is 88.0 cm³/mol. The number of amides is 1. The van der Waals surface area contributed by atoms with Crippen molar-refractivity contribution in [3.63, 3.8) is 0 Å². The summed E-state index contributed by atoms with van der Waals surface area (Å²) in [4.78, 5) is 17.2. The number of carbonyl (C=O) groups is 1. The molecule has 116 valence electrons. The van der Waals surface area contributed by atoms with Crippen molar-refractivity contribution >= 4 is 11.6 Å². The maximum absolute atomic E-state index is 12.8. The van der Waals surface area contributed by atoms with Gasteiger partial charge in [0.25, 0.3) is 5.91 Å². The molecule has 4 heteroatoms. The molecule has 1 aliphatic rings. The van der Waals surface area contributed by atoms with Crippen LogP contribution >= 0.6 is 0 Å². The van der Waals surface area contributed by atoms with E-state index in [1.807, 2.05) is 17.0 Å². The number of anilines is 1. The summed E-state index contributed by atoms with van der Waals surface area (Å²) in [5.41, 5.74) is 2.92. The number of nitrogens with zero attached hydrogens (tertiary/aromatic N) is 2. The highest BCUT2D eigenvalue weighted by molar-refractivity contribution is 5.99. The highest BCUT2D eigenvalue weighted by atomic mass is 16.2. The van der Waals surface area contributed by atoms with Crippen LogP contribution in [0.3, 0.4) is 0 Å². The van der Waals surface area contributed by atoms with Crippen LogP contribution in [0.5, 0.6) is 0 Å². The maximum Gasteiger partial charge on any atom is 0.256 e. The van der Waals surface area contributed by atoms with Crippen LogP contribution in [0.2, 0.25) is 0 Å². The van der Waals surface area contributed by atoms with Crippen LogP contribution < -0.4 is 5.32 Å². The Kier molecular flexibility index (Phi) is 5.23. The van der Waals surface area contributed by atoms with Crippen molar-refractivity contribution in [3.8, 4) is 0 Å². The largest absolute Gasteiger partial charge is 0.385 e. The summed E-state index contributed by atoms with van der Waals surface area (Å²) in [6.07, 6.45) is 0. The van der Waals surface area contributed by atoms with Crippen LogP contribution in [-0.2, 0) is 0 Å². The zero-order valence-electron chi connectivity index (χ0n) is 13.6. The molecular formula is C17H27N3O.